The van der Waals surface area contributed by atoms with Crippen LogP contribution in [0.25, 0.3) is 0 Å². The Morgan fingerprint density at radius 2 is 1.85 bits per heavy atom. The van der Waals surface area contributed by atoms with Crippen LogP contribution in [0.4, 0.5) is 0 Å². The summed E-state index contributed by atoms with van der Waals surface area (Å²) in [6.45, 7) is 4.22. The molecule has 2 aliphatic carbocycles. The summed E-state index contributed by atoms with van der Waals surface area (Å²) >= 11 is 0. The van der Waals surface area contributed by atoms with Gasteiger partial charge in [0.05, 0.1) is 12.5 Å². The van der Waals surface area contributed by atoms with Crippen LogP contribution in [-0.2, 0) is 9.53 Å². The number of carbonyl (C=O) groups is 1. The van der Waals surface area contributed by atoms with Crippen LogP contribution in [0.5, 0.6) is 0 Å². The lowest BCUT2D eigenvalue weighted by atomic mass is 9.84. The molecular formula is C18H20O2. The first kappa shape index (κ1) is 13.2. The third-order valence-electron chi connectivity index (χ3n) is 4.27. The second kappa shape index (κ2) is 5.28. The van der Waals surface area contributed by atoms with E-state index < -0.39 is 0 Å². The molecule has 1 aromatic rings. The van der Waals surface area contributed by atoms with Gasteiger partial charge in [-0.2, -0.15) is 0 Å². The first-order chi connectivity index (χ1) is 9.68. The molecule has 0 amide bonds. The van der Waals surface area contributed by atoms with Crippen LogP contribution in [-0.4, -0.2) is 12.6 Å². The van der Waals surface area contributed by atoms with Crippen LogP contribution in [0, 0.1) is 11.8 Å². The zero-order valence-corrected chi connectivity index (χ0v) is 12.0. The number of ether oxygens (including phenoxy) is 1. The van der Waals surface area contributed by atoms with Crippen LogP contribution in [0.2, 0.25) is 0 Å². The summed E-state index contributed by atoms with van der Waals surface area (Å²) in [6, 6.07) is 8.52. The predicted octanol–water partition coefficient (Wildman–Crippen LogP) is 3.81. The van der Waals surface area contributed by atoms with Crippen LogP contribution < -0.4 is 0 Å². The van der Waals surface area contributed by atoms with Crippen molar-refractivity contribution in [2.75, 3.05) is 6.61 Å². The zero-order chi connectivity index (χ0) is 14.1. The largest absolute Gasteiger partial charge is 0.465 e. The average molecular weight is 268 g/mol. The molecule has 0 bridgehead atoms. The van der Waals surface area contributed by atoms with E-state index in [2.05, 4.69) is 48.6 Å². The van der Waals surface area contributed by atoms with Gasteiger partial charge >= 0.3 is 5.97 Å². The average Bonchev–Trinajstić information content (AvgIpc) is 2.79. The lowest BCUT2D eigenvalue weighted by Gasteiger charge is -2.22. The normalized spacial score (nSPS) is 26.4. The minimum atomic E-state index is -0.110. The summed E-state index contributed by atoms with van der Waals surface area (Å²) in [4.78, 5) is 11.7. The summed E-state index contributed by atoms with van der Waals surface area (Å²) in [5, 5.41) is 0. The van der Waals surface area contributed by atoms with Crippen LogP contribution in [0.3, 0.4) is 0 Å². The maximum atomic E-state index is 11.7. The summed E-state index contributed by atoms with van der Waals surface area (Å²) in [5.41, 5.74) is 2.71. The minimum absolute atomic E-state index is 0.0655. The van der Waals surface area contributed by atoms with Gasteiger partial charge in [0.25, 0.3) is 0 Å². The third-order valence-corrected chi connectivity index (χ3v) is 4.27. The highest BCUT2D eigenvalue weighted by atomic mass is 16.5. The van der Waals surface area contributed by atoms with E-state index in [1.807, 2.05) is 13.8 Å². The topological polar surface area (TPSA) is 26.3 Å². The van der Waals surface area contributed by atoms with Crippen LogP contribution >= 0.6 is 0 Å². The van der Waals surface area contributed by atoms with E-state index in [1.54, 1.807) is 0 Å². The Balaban J connectivity index is 1.85. The van der Waals surface area contributed by atoms with Crippen molar-refractivity contribution in [1.29, 1.82) is 0 Å². The number of carbonyl (C=O) groups excluding carboxylic acids is 1. The maximum absolute atomic E-state index is 11.7. The molecule has 0 saturated carbocycles. The molecule has 1 aromatic carbocycles. The van der Waals surface area contributed by atoms with Crippen molar-refractivity contribution in [1.82, 2.24) is 0 Å². The summed E-state index contributed by atoms with van der Waals surface area (Å²) in [5.74, 6) is 0.946. The Morgan fingerprint density at radius 1 is 1.15 bits per heavy atom. The fraction of sp³-hybridized carbons (Fsp3) is 0.389. The molecule has 0 radical (unpaired) electrons. The molecule has 2 heteroatoms. The van der Waals surface area contributed by atoms with Gasteiger partial charge < -0.3 is 4.74 Å². The second-order valence-corrected chi connectivity index (χ2v) is 5.89. The molecule has 0 saturated heterocycles. The molecule has 3 rings (SSSR count). The molecule has 0 aliphatic heterocycles. The number of hydrogen-bond donors (Lipinski definition) is 0. The third kappa shape index (κ3) is 2.20. The van der Waals surface area contributed by atoms with Gasteiger partial charge in [-0.05, 0) is 17.0 Å². The summed E-state index contributed by atoms with van der Waals surface area (Å²) < 4.78 is 5.50. The zero-order valence-electron chi connectivity index (χ0n) is 12.0. The van der Waals surface area contributed by atoms with Gasteiger partial charge in [0.15, 0.2) is 0 Å². The number of benzene rings is 1. The van der Waals surface area contributed by atoms with Crippen molar-refractivity contribution in [3.8, 4) is 0 Å². The van der Waals surface area contributed by atoms with Crippen LogP contribution in [0.1, 0.15) is 36.8 Å². The fourth-order valence-corrected chi connectivity index (χ4v) is 3.22. The molecule has 0 heterocycles. The number of hydrogen-bond acceptors (Lipinski definition) is 2. The summed E-state index contributed by atoms with van der Waals surface area (Å²) in [7, 11) is 0. The van der Waals surface area contributed by atoms with Gasteiger partial charge in [0, 0.05) is 11.8 Å². The molecule has 2 nitrogen and oxygen atoms in total. The van der Waals surface area contributed by atoms with E-state index in [9.17, 15) is 4.79 Å². The minimum Gasteiger partial charge on any atom is -0.465 e. The van der Waals surface area contributed by atoms with Crippen LogP contribution in [0.15, 0.2) is 48.6 Å². The smallest absolute Gasteiger partial charge is 0.308 e. The van der Waals surface area contributed by atoms with Gasteiger partial charge in [-0.1, -0.05) is 62.4 Å². The van der Waals surface area contributed by atoms with Gasteiger partial charge in [0.1, 0.15) is 0 Å². The molecule has 3 atom stereocenters. The van der Waals surface area contributed by atoms with E-state index in [4.69, 9.17) is 4.74 Å². The molecule has 20 heavy (non-hydrogen) atoms. The fourth-order valence-electron chi connectivity index (χ4n) is 3.22. The monoisotopic (exact) mass is 268 g/mol. The Bertz CT molecular complexity index is 569. The van der Waals surface area contributed by atoms with Crippen molar-refractivity contribution in [2.24, 2.45) is 11.8 Å². The van der Waals surface area contributed by atoms with E-state index in [0.717, 1.165) is 0 Å². The van der Waals surface area contributed by atoms with E-state index in [0.29, 0.717) is 18.4 Å². The van der Waals surface area contributed by atoms with E-state index in [1.165, 1.54) is 11.1 Å². The molecular weight excluding hydrogens is 248 g/mol. The van der Waals surface area contributed by atoms with Crippen molar-refractivity contribution >= 4 is 5.97 Å². The van der Waals surface area contributed by atoms with E-state index in [-0.39, 0.29) is 17.8 Å². The van der Waals surface area contributed by atoms with Crippen molar-refractivity contribution in [2.45, 2.75) is 25.7 Å². The standard InChI is InChI=1S/C18H20O2/c1-12(2)18(19)20-11-17-15-9-5-3-7-13(15)14-8-4-6-10-16(14)17/h3-10,12-13,15,17H,11H2,1-2H3. The van der Waals surface area contributed by atoms with E-state index >= 15 is 0 Å². The highest BCUT2D eigenvalue weighted by Gasteiger charge is 2.39. The van der Waals surface area contributed by atoms with Crippen molar-refractivity contribution in [3.05, 3.63) is 59.7 Å². The highest BCUT2D eigenvalue weighted by molar-refractivity contribution is 5.71. The number of allylic oxidation sites excluding steroid dienone is 4. The van der Waals surface area contributed by atoms with Crippen molar-refractivity contribution < 1.29 is 9.53 Å². The molecule has 0 spiro atoms. The van der Waals surface area contributed by atoms with Gasteiger partial charge in [-0.3, -0.25) is 4.79 Å². The lowest BCUT2D eigenvalue weighted by Crippen LogP contribution is -2.20. The molecule has 104 valence electrons. The number of fused-ring (bicyclic) bond motifs is 3. The Morgan fingerprint density at radius 3 is 2.60 bits per heavy atom. The van der Waals surface area contributed by atoms with Gasteiger partial charge in [0.2, 0.25) is 0 Å². The Kier molecular flexibility index (Phi) is 3.47. The SMILES string of the molecule is CC(C)C(=O)OCC1c2ccccc2C2C=CC=CC21. The number of rotatable bonds is 3. The maximum Gasteiger partial charge on any atom is 0.308 e. The molecule has 0 fully saturated rings. The molecule has 0 aromatic heterocycles. The second-order valence-electron chi connectivity index (χ2n) is 5.89. The Labute approximate surface area is 120 Å². The number of esters is 1. The Hall–Kier alpha value is -1.83. The highest BCUT2D eigenvalue weighted by Crippen LogP contribution is 2.49. The summed E-state index contributed by atoms with van der Waals surface area (Å²) in [6.07, 6.45) is 8.72. The quantitative estimate of drug-likeness (QED) is 0.779. The van der Waals surface area contributed by atoms with Crippen molar-refractivity contribution in [3.63, 3.8) is 0 Å². The molecule has 3 unspecified atom stereocenters. The molecule has 2 aliphatic rings. The molecule has 0 N–H and O–H groups in total. The van der Waals surface area contributed by atoms with Gasteiger partial charge in [-0.25, -0.2) is 0 Å². The first-order valence-corrected chi connectivity index (χ1v) is 7.29. The first-order valence-electron chi connectivity index (χ1n) is 7.29. The lowest BCUT2D eigenvalue weighted by molar-refractivity contribution is -0.148. The van der Waals surface area contributed by atoms with Gasteiger partial charge in [-0.15, -0.1) is 0 Å². The predicted molar refractivity (Wildman–Crippen MR) is 79.5 cm³/mol.